The van der Waals surface area contributed by atoms with Gasteiger partial charge in [-0.3, -0.25) is 9.59 Å². The Labute approximate surface area is 147 Å². The third kappa shape index (κ3) is 3.37. The first-order valence-electron chi connectivity index (χ1n) is 9.17. The summed E-state index contributed by atoms with van der Waals surface area (Å²) >= 11 is 0. The smallest absolute Gasteiger partial charge is 0.409 e. The molecule has 0 saturated carbocycles. The molecule has 0 N–H and O–H groups in total. The van der Waals surface area contributed by atoms with Crippen LogP contribution in [0.3, 0.4) is 0 Å². The van der Waals surface area contributed by atoms with Crippen molar-refractivity contribution in [2.75, 3.05) is 55.7 Å². The van der Waals surface area contributed by atoms with Crippen LogP contribution in [0.5, 0.6) is 0 Å². The first kappa shape index (κ1) is 17.8. The lowest BCUT2D eigenvalue weighted by atomic mass is 9.91. The molecule has 7 nitrogen and oxygen atoms in total. The summed E-state index contributed by atoms with van der Waals surface area (Å²) in [5, 5.41) is 0. The number of nitrogens with zero attached hydrogens (tertiary/aromatic N) is 3. The molecule has 1 aromatic carbocycles. The molecule has 2 heterocycles. The number of ether oxygens (including phenoxy) is 1. The molecule has 7 heteroatoms. The van der Waals surface area contributed by atoms with Crippen LogP contribution in [-0.2, 0) is 4.74 Å². The molecule has 3 rings (SSSR count). The topological polar surface area (TPSA) is 70.2 Å². The fourth-order valence-corrected chi connectivity index (χ4v) is 4.13. The van der Waals surface area contributed by atoms with Crippen LogP contribution in [0, 0.1) is 11.8 Å². The fraction of sp³-hybridized carbons (Fsp3) is 0.722. The van der Waals surface area contributed by atoms with E-state index < -0.39 is 0 Å². The normalized spacial score (nSPS) is 24.7. The van der Waals surface area contributed by atoms with Crippen molar-refractivity contribution in [3.63, 3.8) is 0 Å². The first-order valence-corrected chi connectivity index (χ1v) is 9.17. The summed E-state index contributed by atoms with van der Waals surface area (Å²) < 4.78 is 5.02. The fourth-order valence-electron chi connectivity index (χ4n) is 4.13. The number of carbonyl (C=O) groups is 1. The van der Waals surface area contributed by atoms with Crippen molar-refractivity contribution in [2.24, 2.45) is 11.8 Å². The van der Waals surface area contributed by atoms with Crippen molar-refractivity contribution < 1.29 is 9.53 Å². The lowest BCUT2D eigenvalue weighted by molar-refractivity contribution is 0.105. The Morgan fingerprint density at radius 3 is 2.00 bits per heavy atom. The van der Waals surface area contributed by atoms with Gasteiger partial charge in [0, 0.05) is 39.3 Å². The second kappa shape index (κ2) is 7.06. The lowest BCUT2D eigenvalue weighted by Crippen LogP contribution is -2.55. The van der Waals surface area contributed by atoms with Crippen LogP contribution in [0.15, 0.2) is 9.59 Å². The second-order valence-corrected chi connectivity index (χ2v) is 7.38. The second-order valence-electron chi connectivity index (χ2n) is 7.38. The molecule has 2 atom stereocenters. The first-order chi connectivity index (χ1) is 11.9. The molecule has 25 heavy (non-hydrogen) atoms. The molecule has 2 aliphatic rings. The van der Waals surface area contributed by atoms with Crippen molar-refractivity contribution in [3.8, 4) is 0 Å². The van der Waals surface area contributed by atoms with Crippen molar-refractivity contribution in [2.45, 2.75) is 27.2 Å². The average Bonchev–Trinajstić information content (AvgIpc) is 2.58. The Morgan fingerprint density at radius 1 is 0.960 bits per heavy atom. The van der Waals surface area contributed by atoms with E-state index in [4.69, 9.17) is 4.74 Å². The number of piperazine rings is 1. The van der Waals surface area contributed by atoms with Crippen molar-refractivity contribution in [1.29, 1.82) is 0 Å². The molecule has 2 aliphatic heterocycles. The van der Waals surface area contributed by atoms with Crippen molar-refractivity contribution in [3.05, 3.63) is 20.4 Å². The van der Waals surface area contributed by atoms with E-state index in [9.17, 15) is 14.4 Å². The number of hydrogen-bond donors (Lipinski definition) is 0. The Kier molecular flexibility index (Phi) is 5.01. The highest BCUT2D eigenvalue weighted by Gasteiger charge is 2.35. The Bertz CT molecular complexity index is 692. The minimum atomic E-state index is -0.384. The van der Waals surface area contributed by atoms with E-state index in [-0.39, 0.29) is 17.0 Å². The third-order valence-corrected chi connectivity index (χ3v) is 5.17. The predicted molar refractivity (Wildman–Crippen MR) is 97.3 cm³/mol. The highest BCUT2D eigenvalue weighted by atomic mass is 16.6. The zero-order chi connectivity index (χ0) is 18.1. The number of anilines is 2. The van der Waals surface area contributed by atoms with Gasteiger partial charge in [0.15, 0.2) is 0 Å². The van der Waals surface area contributed by atoms with Crippen LogP contribution in [0.2, 0.25) is 0 Å². The maximum absolute atomic E-state index is 12.2. The number of carbonyl (C=O) groups excluding carboxylic acids is 1. The number of piperidine rings is 1. The Hall–Kier alpha value is -2.05. The van der Waals surface area contributed by atoms with Crippen LogP contribution in [-0.4, -0.2) is 56.9 Å². The molecule has 0 bridgehead atoms. The number of rotatable bonds is 3. The van der Waals surface area contributed by atoms with Gasteiger partial charge in [-0.15, -0.1) is 0 Å². The van der Waals surface area contributed by atoms with E-state index in [1.807, 2.05) is 4.90 Å². The van der Waals surface area contributed by atoms with E-state index in [1.165, 1.54) is 0 Å². The van der Waals surface area contributed by atoms with E-state index in [1.54, 1.807) is 11.8 Å². The quantitative estimate of drug-likeness (QED) is 0.760. The Balaban J connectivity index is 1.72. The zero-order valence-corrected chi connectivity index (χ0v) is 15.3. The van der Waals surface area contributed by atoms with Gasteiger partial charge in [0.05, 0.1) is 6.61 Å². The standard InChI is InChI=1S/C18H27N3O4/c1-4-25-18(24)20-7-5-19(6-8-20)14-15(17(23)16(14)22)21-10-12(2)9-13(3)11-21/h12-13H,4-11H2,1-3H3/t12-,13+. The monoisotopic (exact) mass is 349 g/mol. The molecule has 0 unspecified atom stereocenters. The summed E-state index contributed by atoms with van der Waals surface area (Å²) in [6, 6.07) is 0. The zero-order valence-electron chi connectivity index (χ0n) is 15.3. The van der Waals surface area contributed by atoms with Gasteiger partial charge in [0.25, 0.3) is 10.9 Å². The summed E-state index contributed by atoms with van der Waals surface area (Å²) in [7, 11) is 0. The maximum Gasteiger partial charge on any atom is 0.409 e. The van der Waals surface area contributed by atoms with Gasteiger partial charge >= 0.3 is 6.09 Å². The molecular formula is C18H27N3O4. The van der Waals surface area contributed by atoms with Crippen LogP contribution in [0.25, 0.3) is 0 Å². The SMILES string of the molecule is CCOC(=O)N1CCN(c2c(N3C[C@H](C)C[C@H](C)C3)c(=O)c2=O)CC1. The highest BCUT2D eigenvalue weighted by Crippen LogP contribution is 2.31. The molecular weight excluding hydrogens is 322 g/mol. The molecule has 1 amide bonds. The molecule has 0 aliphatic carbocycles. The predicted octanol–water partition coefficient (Wildman–Crippen LogP) is 1.04. The van der Waals surface area contributed by atoms with Crippen LogP contribution >= 0.6 is 0 Å². The van der Waals surface area contributed by atoms with Crippen LogP contribution in [0.1, 0.15) is 27.2 Å². The van der Waals surface area contributed by atoms with Crippen LogP contribution in [0.4, 0.5) is 16.2 Å². The van der Waals surface area contributed by atoms with E-state index >= 15 is 0 Å². The van der Waals surface area contributed by atoms with E-state index in [2.05, 4.69) is 18.7 Å². The van der Waals surface area contributed by atoms with Gasteiger partial charge in [-0.1, -0.05) is 13.8 Å². The minimum Gasteiger partial charge on any atom is -0.450 e. The molecule has 1 aromatic rings. The summed E-state index contributed by atoms with van der Waals surface area (Å²) in [5.41, 5.74) is 0.400. The maximum atomic E-state index is 12.2. The summed E-state index contributed by atoms with van der Waals surface area (Å²) in [5.74, 6) is 1.03. The third-order valence-electron chi connectivity index (χ3n) is 5.17. The molecule has 2 fully saturated rings. The van der Waals surface area contributed by atoms with E-state index in [0.29, 0.717) is 56.0 Å². The lowest BCUT2D eigenvalue weighted by Gasteiger charge is -2.41. The Morgan fingerprint density at radius 2 is 1.48 bits per heavy atom. The summed E-state index contributed by atoms with van der Waals surface area (Å²) in [6.45, 7) is 10.3. The van der Waals surface area contributed by atoms with Gasteiger partial charge < -0.3 is 19.4 Å². The average molecular weight is 349 g/mol. The van der Waals surface area contributed by atoms with Gasteiger partial charge in [0.1, 0.15) is 11.4 Å². The summed E-state index contributed by atoms with van der Waals surface area (Å²) in [4.78, 5) is 41.9. The van der Waals surface area contributed by atoms with Gasteiger partial charge in [-0.2, -0.15) is 0 Å². The van der Waals surface area contributed by atoms with Gasteiger partial charge in [-0.25, -0.2) is 4.79 Å². The largest absolute Gasteiger partial charge is 0.450 e. The van der Waals surface area contributed by atoms with Gasteiger partial charge in [0.2, 0.25) is 0 Å². The highest BCUT2D eigenvalue weighted by molar-refractivity contribution is 5.77. The molecule has 0 spiro atoms. The molecule has 2 saturated heterocycles. The van der Waals surface area contributed by atoms with Crippen molar-refractivity contribution in [1.82, 2.24) is 4.90 Å². The molecule has 0 radical (unpaired) electrons. The summed E-state index contributed by atoms with van der Waals surface area (Å²) in [6.07, 6.45) is 0.838. The number of hydrogen-bond acceptors (Lipinski definition) is 6. The number of amides is 1. The van der Waals surface area contributed by atoms with E-state index in [0.717, 1.165) is 19.5 Å². The molecule has 138 valence electrons. The minimum absolute atomic E-state index is 0.314. The van der Waals surface area contributed by atoms with Crippen LogP contribution < -0.4 is 20.7 Å². The van der Waals surface area contributed by atoms with Gasteiger partial charge in [-0.05, 0) is 25.2 Å². The molecule has 0 aromatic heterocycles. The van der Waals surface area contributed by atoms with Crippen molar-refractivity contribution >= 4 is 17.5 Å².